The minimum Gasteiger partial charge on any atom is -0.462 e. The summed E-state index contributed by atoms with van der Waals surface area (Å²) < 4.78 is 17.0. The van der Waals surface area contributed by atoms with Crippen molar-refractivity contribution in [2.45, 2.75) is 361 Å². The van der Waals surface area contributed by atoms with E-state index in [4.69, 9.17) is 14.2 Å². The van der Waals surface area contributed by atoms with E-state index in [0.29, 0.717) is 19.3 Å². The van der Waals surface area contributed by atoms with Crippen molar-refractivity contribution >= 4 is 17.9 Å². The molecule has 0 aliphatic carbocycles. The third-order valence-corrected chi connectivity index (χ3v) is 15.2. The van der Waals surface area contributed by atoms with Gasteiger partial charge in [0.15, 0.2) is 6.10 Å². The highest BCUT2D eigenvalue weighted by atomic mass is 16.6. The Bertz CT molecular complexity index is 1450. The zero-order valence-corrected chi connectivity index (χ0v) is 52.6. The molecule has 0 aromatic heterocycles. The maximum Gasteiger partial charge on any atom is 0.306 e. The molecule has 0 spiro atoms. The Hall–Kier alpha value is -3.15. The Morgan fingerprint density at radius 2 is 0.494 bits per heavy atom. The van der Waals surface area contributed by atoms with Crippen LogP contribution in [0.4, 0.5) is 0 Å². The zero-order chi connectivity index (χ0) is 57.1. The van der Waals surface area contributed by atoms with Crippen molar-refractivity contribution in [3.63, 3.8) is 0 Å². The van der Waals surface area contributed by atoms with E-state index in [9.17, 15) is 14.4 Å². The van der Waals surface area contributed by atoms with Crippen LogP contribution in [0.25, 0.3) is 0 Å². The Kier molecular flexibility index (Phi) is 64.7. The van der Waals surface area contributed by atoms with E-state index >= 15 is 0 Å². The van der Waals surface area contributed by atoms with E-state index in [1.165, 1.54) is 212 Å². The summed E-state index contributed by atoms with van der Waals surface area (Å²) >= 11 is 0. The van der Waals surface area contributed by atoms with Crippen LogP contribution in [0.5, 0.6) is 0 Å². The number of hydrogen-bond donors (Lipinski definition) is 0. The second-order valence-corrected chi connectivity index (χ2v) is 23.1. The van der Waals surface area contributed by atoms with E-state index in [0.717, 1.165) is 103 Å². The second-order valence-electron chi connectivity index (χ2n) is 23.1. The van der Waals surface area contributed by atoms with Gasteiger partial charge in [0.1, 0.15) is 13.2 Å². The van der Waals surface area contributed by atoms with E-state index in [2.05, 4.69) is 93.7 Å². The van der Waals surface area contributed by atoms with Crippen molar-refractivity contribution in [3.8, 4) is 0 Å². The highest BCUT2D eigenvalue weighted by Gasteiger charge is 2.19. The Morgan fingerprint density at radius 1 is 0.266 bits per heavy atom. The Balaban J connectivity index is 4.36. The van der Waals surface area contributed by atoms with Gasteiger partial charge in [-0.25, -0.2) is 0 Å². The molecule has 0 N–H and O–H groups in total. The third kappa shape index (κ3) is 65.5. The normalized spacial score (nSPS) is 12.5. The molecule has 0 rings (SSSR count). The van der Waals surface area contributed by atoms with Crippen molar-refractivity contribution in [2.24, 2.45) is 0 Å². The molecule has 0 aromatic carbocycles. The average Bonchev–Trinajstić information content (AvgIpc) is 3.45. The predicted octanol–water partition coefficient (Wildman–Crippen LogP) is 23.7. The first-order valence-electron chi connectivity index (χ1n) is 34.4. The van der Waals surface area contributed by atoms with E-state index in [-0.39, 0.29) is 31.1 Å². The maximum atomic E-state index is 13.0. The molecule has 6 heteroatoms. The fourth-order valence-corrected chi connectivity index (χ4v) is 10.1. The van der Waals surface area contributed by atoms with Crippen LogP contribution in [0.3, 0.4) is 0 Å². The fraction of sp³-hybridized carbons (Fsp3) is 0.795. The first-order chi connectivity index (χ1) is 39.0. The van der Waals surface area contributed by atoms with Crippen LogP contribution in [-0.2, 0) is 28.6 Å². The number of unbranched alkanes of at least 4 members (excludes halogenated alkanes) is 40. The number of allylic oxidation sites excluding steroid dienone is 12. The van der Waals surface area contributed by atoms with Crippen LogP contribution in [0.1, 0.15) is 355 Å². The lowest BCUT2D eigenvalue weighted by atomic mass is 10.0. The topological polar surface area (TPSA) is 78.9 Å². The number of carbonyl (C=O) groups is 3. The van der Waals surface area contributed by atoms with Gasteiger partial charge in [-0.15, -0.1) is 0 Å². The number of esters is 3. The molecule has 1 atom stereocenters. The van der Waals surface area contributed by atoms with Gasteiger partial charge in [-0.1, -0.05) is 338 Å². The lowest BCUT2D eigenvalue weighted by molar-refractivity contribution is -0.167. The lowest BCUT2D eigenvalue weighted by Gasteiger charge is -2.18. The number of carbonyl (C=O) groups excluding carboxylic acids is 3. The molecule has 6 nitrogen and oxygen atoms in total. The molecule has 0 saturated carbocycles. The summed E-state index contributed by atoms with van der Waals surface area (Å²) in [6.07, 6.45) is 87.7. The van der Waals surface area contributed by atoms with Gasteiger partial charge >= 0.3 is 17.9 Å². The summed E-state index contributed by atoms with van der Waals surface area (Å²) in [5.41, 5.74) is 0. The van der Waals surface area contributed by atoms with Gasteiger partial charge in [-0.3, -0.25) is 14.4 Å². The second kappa shape index (κ2) is 67.4. The summed E-state index contributed by atoms with van der Waals surface area (Å²) in [7, 11) is 0. The Morgan fingerprint density at radius 3 is 0.772 bits per heavy atom. The van der Waals surface area contributed by atoms with Gasteiger partial charge in [0.05, 0.1) is 0 Å². The number of ether oxygens (including phenoxy) is 3. The summed E-state index contributed by atoms with van der Waals surface area (Å²) in [6, 6.07) is 0. The van der Waals surface area contributed by atoms with Gasteiger partial charge in [-0.2, -0.15) is 0 Å². The van der Waals surface area contributed by atoms with Crippen molar-refractivity contribution in [3.05, 3.63) is 72.9 Å². The molecule has 1 unspecified atom stereocenters. The molecule has 0 fully saturated rings. The predicted molar refractivity (Wildman–Crippen MR) is 344 cm³/mol. The van der Waals surface area contributed by atoms with Gasteiger partial charge in [0, 0.05) is 19.3 Å². The molecule has 0 aliphatic heterocycles. The SMILES string of the molecule is CC/C=C\C/C=C\C/C=C\C/C=C\C/C=C\C/C=C\CCCCCCCCC(=O)OCC(COC(=O)CCCCCCCCCCCCCCCCCC)OC(=O)CCCCCCCCCCCCCCCCCCCCCC. The van der Waals surface area contributed by atoms with Crippen molar-refractivity contribution in [1.82, 2.24) is 0 Å². The van der Waals surface area contributed by atoms with Gasteiger partial charge in [0.25, 0.3) is 0 Å². The largest absolute Gasteiger partial charge is 0.462 e. The molecule has 0 aromatic rings. The zero-order valence-electron chi connectivity index (χ0n) is 52.6. The van der Waals surface area contributed by atoms with E-state index < -0.39 is 6.10 Å². The minimum atomic E-state index is -0.780. The number of hydrogen-bond acceptors (Lipinski definition) is 6. The van der Waals surface area contributed by atoms with Crippen LogP contribution in [-0.4, -0.2) is 37.2 Å². The van der Waals surface area contributed by atoms with Crippen LogP contribution >= 0.6 is 0 Å². The van der Waals surface area contributed by atoms with Gasteiger partial charge < -0.3 is 14.2 Å². The molecular formula is C73H130O6. The van der Waals surface area contributed by atoms with Crippen LogP contribution in [0.15, 0.2) is 72.9 Å². The fourth-order valence-electron chi connectivity index (χ4n) is 10.1. The summed E-state index contributed by atoms with van der Waals surface area (Å²) in [4.78, 5) is 38.4. The summed E-state index contributed by atoms with van der Waals surface area (Å²) in [5.74, 6) is -0.866. The highest BCUT2D eigenvalue weighted by Crippen LogP contribution is 2.18. The molecule has 79 heavy (non-hydrogen) atoms. The van der Waals surface area contributed by atoms with Crippen LogP contribution in [0, 0.1) is 0 Å². The van der Waals surface area contributed by atoms with Gasteiger partial charge in [0.2, 0.25) is 0 Å². The first kappa shape index (κ1) is 75.8. The monoisotopic (exact) mass is 1100 g/mol. The minimum absolute atomic E-state index is 0.0749. The Labute approximate surface area is 491 Å². The van der Waals surface area contributed by atoms with E-state index in [1.807, 2.05) is 0 Å². The molecular weight excluding hydrogens is 973 g/mol. The standard InChI is InChI=1S/C73H130O6/c1-4-7-10-13-16-19-22-25-28-31-33-35-36-37-38-39-41-42-45-48-51-54-57-60-63-66-72(75)78-69-70(68-77-71(74)65-62-59-56-53-50-47-44-30-27-24-21-18-15-12-9-6-3)79-73(76)67-64-61-58-55-52-49-46-43-40-34-32-29-26-23-20-17-14-11-8-5-2/h7,10,16,19,25,28,33,35,37-38,41-42,70H,4-6,8-9,11-15,17-18,20-24,26-27,29-32,34,36,39-40,43-69H2,1-3H3/b10-7-,19-16-,28-25-,35-33-,38-37-,42-41-. The van der Waals surface area contributed by atoms with Gasteiger partial charge in [-0.05, 0) is 70.6 Å². The molecule has 0 radical (unpaired) electrons. The van der Waals surface area contributed by atoms with E-state index in [1.54, 1.807) is 0 Å². The number of rotatable bonds is 63. The first-order valence-corrected chi connectivity index (χ1v) is 34.4. The van der Waals surface area contributed by atoms with Crippen molar-refractivity contribution < 1.29 is 28.6 Å². The molecule has 0 bridgehead atoms. The summed E-state index contributed by atoms with van der Waals surface area (Å²) in [6.45, 7) is 6.58. The van der Waals surface area contributed by atoms with Crippen molar-refractivity contribution in [1.29, 1.82) is 0 Å². The smallest absolute Gasteiger partial charge is 0.306 e. The molecule has 458 valence electrons. The molecule has 0 amide bonds. The molecule has 0 heterocycles. The highest BCUT2D eigenvalue weighted by molar-refractivity contribution is 5.71. The summed E-state index contributed by atoms with van der Waals surface area (Å²) in [5, 5.41) is 0. The van der Waals surface area contributed by atoms with Crippen molar-refractivity contribution in [2.75, 3.05) is 13.2 Å². The van der Waals surface area contributed by atoms with Crippen LogP contribution < -0.4 is 0 Å². The molecule has 0 aliphatic rings. The third-order valence-electron chi connectivity index (χ3n) is 15.2. The lowest BCUT2D eigenvalue weighted by Crippen LogP contribution is -2.30. The quantitative estimate of drug-likeness (QED) is 0.0261. The maximum absolute atomic E-state index is 13.0. The molecule has 0 saturated heterocycles. The average molecular weight is 1100 g/mol. The van der Waals surface area contributed by atoms with Crippen LogP contribution in [0.2, 0.25) is 0 Å².